The Kier molecular flexibility index (Phi) is 6.26. The fourth-order valence-electron chi connectivity index (χ4n) is 7.68. The lowest BCUT2D eigenvalue weighted by molar-refractivity contribution is 0.408. The minimum atomic E-state index is -0.345. The summed E-state index contributed by atoms with van der Waals surface area (Å²) in [5.74, 6) is 0.845. The van der Waals surface area contributed by atoms with Gasteiger partial charge in [-0.05, 0) is 65.2 Å². The molecular weight excluding hydrogens is 647 g/mol. The van der Waals surface area contributed by atoms with E-state index in [-0.39, 0.29) is 12.3 Å². The fraction of sp³-hybridized carbons (Fsp3) is 0.0444. The summed E-state index contributed by atoms with van der Waals surface area (Å²) in [4.78, 5) is 5.26. The summed E-state index contributed by atoms with van der Waals surface area (Å²) in [5, 5.41) is 14.5. The zero-order valence-electron chi connectivity index (χ0n) is 27.3. The van der Waals surface area contributed by atoms with E-state index in [4.69, 9.17) is 13.8 Å². The van der Waals surface area contributed by atoms with Gasteiger partial charge >= 0.3 is 0 Å². The Labute approximate surface area is 296 Å². The van der Waals surface area contributed by atoms with Crippen LogP contribution in [0.15, 0.2) is 165 Å². The van der Waals surface area contributed by atoms with Gasteiger partial charge < -0.3 is 14.2 Å². The number of nitrogens with zero attached hydrogens (tertiary/aromatic N) is 1. The SMILES string of the molecule is c1ccc(C2=NC(c3cccc4c3oc3ccc(-c5ccc6oc7ccccc7c6c5)cc34)NC(c3ccc4sc5ccccc5c4c3)N2)cc1. The van der Waals surface area contributed by atoms with Crippen molar-refractivity contribution in [2.24, 2.45) is 4.99 Å². The van der Waals surface area contributed by atoms with Crippen LogP contribution in [-0.2, 0) is 0 Å². The molecule has 1 aliphatic heterocycles. The van der Waals surface area contributed by atoms with Crippen LogP contribution < -0.4 is 10.6 Å². The highest BCUT2D eigenvalue weighted by Gasteiger charge is 2.28. The molecule has 0 saturated heterocycles. The van der Waals surface area contributed by atoms with Crippen LogP contribution in [0.1, 0.15) is 29.0 Å². The number of fused-ring (bicyclic) bond motifs is 9. The molecule has 1 aliphatic rings. The molecule has 0 aliphatic carbocycles. The van der Waals surface area contributed by atoms with Gasteiger partial charge in [-0.25, -0.2) is 4.99 Å². The number of benzene rings is 7. The molecule has 7 aromatic carbocycles. The van der Waals surface area contributed by atoms with Gasteiger partial charge in [0.1, 0.15) is 40.5 Å². The van der Waals surface area contributed by atoms with E-state index < -0.39 is 0 Å². The molecule has 0 bridgehead atoms. The quantitative estimate of drug-likeness (QED) is 0.195. The molecule has 2 atom stereocenters. The maximum absolute atomic E-state index is 6.68. The van der Waals surface area contributed by atoms with Crippen molar-refractivity contribution in [1.29, 1.82) is 0 Å². The highest BCUT2D eigenvalue weighted by Crippen LogP contribution is 2.40. The Morgan fingerprint density at radius 2 is 1.18 bits per heavy atom. The zero-order valence-corrected chi connectivity index (χ0v) is 28.1. The van der Waals surface area contributed by atoms with E-state index in [1.54, 1.807) is 0 Å². The third-order valence-electron chi connectivity index (χ3n) is 10.2. The molecule has 5 nitrogen and oxygen atoms in total. The van der Waals surface area contributed by atoms with Crippen molar-refractivity contribution in [3.63, 3.8) is 0 Å². The van der Waals surface area contributed by atoms with Crippen LogP contribution in [0.25, 0.3) is 75.2 Å². The Morgan fingerprint density at radius 3 is 2.04 bits per heavy atom. The molecule has 6 heteroatoms. The largest absolute Gasteiger partial charge is 0.456 e. The number of hydrogen-bond donors (Lipinski definition) is 2. The van der Waals surface area contributed by atoms with Crippen LogP contribution in [0.2, 0.25) is 0 Å². The van der Waals surface area contributed by atoms with Crippen LogP contribution >= 0.6 is 11.3 Å². The lowest BCUT2D eigenvalue weighted by Crippen LogP contribution is -2.45. The zero-order chi connectivity index (χ0) is 33.5. The number of thiophene rings is 1. The summed E-state index contributed by atoms with van der Waals surface area (Å²) in [6, 6.07) is 53.3. The Hall–Kier alpha value is -6.21. The first kappa shape index (κ1) is 28.6. The van der Waals surface area contributed by atoms with Gasteiger partial charge in [0.15, 0.2) is 0 Å². The number of hydrogen-bond acceptors (Lipinski definition) is 6. The first-order valence-corrected chi connectivity index (χ1v) is 18.0. The topological polar surface area (TPSA) is 62.7 Å². The number of rotatable bonds is 4. The highest BCUT2D eigenvalue weighted by molar-refractivity contribution is 7.25. The number of para-hydroxylation sites is 2. The van der Waals surface area contributed by atoms with Crippen LogP contribution in [0, 0.1) is 0 Å². The number of amidine groups is 1. The predicted octanol–water partition coefficient (Wildman–Crippen LogP) is 11.9. The van der Waals surface area contributed by atoms with Gasteiger partial charge in [-0.1, -0.05) is 103 Å². The molecule has 242 valence electrons. The van der Waals surface area contributed by atoms with Crippen molar-refractivity contribution in [3.05, 3.63) is 168 Å². The third-order valence-corrected chi connectivity index (χ3v) is 11.3. The fourth-order valence-corrected chi connectivity index (χ4v) is 8.76. The normalized spacial score (nSPS) is 16.4. The standard InChI is InChI=1S/C45H29N3O2S/c1-2-9-26(10-3-1)43-46-44(29-19-22-41-36(25-29)31-12-5-7-16-40(31)51-41)48-45(47-43)33-14-8-13-32-35-24-28(18-21-39(35)50-42(32)33)27-17-20-38-34(23-27)30-11-4-6-15-37(30)49-38/h1-25,44-45,48H,(H,46,47). The summed E-state index contributed by atoms with van der Waals surface area (Å²) in [7, 11) is 0. The molecule has 2 N–H and O–H groups in total. The third kappa shape index (κ3) is 4.61. The van der Waals surface area contributed by atoms with Crippen molar-refractivity contribution in [3.8, 4) is 11.1 Å². The number of aliphatic imine (C=N–C) groups is 1. The molecule has 11 rings (SSSR count). The average Bonchev–Trinajstić information content (AvgIpc) is 3.88. The molecule has 0 amide bonds. The average molecular weight is 676 g/mol. The minimum Gasteiger partial charge on any atom is -0.456 e. The van der Waals surface area contributed by atoms with Gasteiger partial charge in [-0.2, -0.15) is 0 Å². The van der Waals surface area contributed by atoms with Crippen molar-refractivity contribution in [2.75, 3.05) is 0 Å². The van der Waals surface area contributed by atoms with Gasteiger partial charge in [0.25, 0.3) is 0 Å². The van der Waals surface area contributed by atoms with Gasteiger partial charge in [0.05, 0.1) is 0 Å². The van der Waals surface area contributed by atoms with Crippen molar-refractivity contribution < 1.29 is 8.83 Å². The minimum absolute atomic E-state index is 0.175. The van der Waals surface area contributed by atoms with Crippen molar-refractivity contribution in [2.45, 2.75) is 12.3 Å². The molecule has 51 heavy (non-hydrogen) atoms. The number of nitrogens with one attached hydrogen (secondary N) is 2. The maximum Gasteiger partial charge on any atom is 0.142 e. The lowest BCUT2D eigenvalue weighted by Gasteiger charge is -2.32. The van der Waals surface area contributed by atoms with Crippen molar-refractivity contribution in [1.82, 2.24) is 10.6 Å². The van der Waals surface area contributed by atoms with E-state index in [1.165, 1.54) is 20.2 Å². The molecule has 2 unspecified atom stereocenters. The second kappa shape index (κ2) is 11.2. The second-order valence-corrected chi connectivity index (χ2v) is 14.3. The number of furan rings is 2. The lowest BCUT2D eigenvalue weighted by atomic mass is 10.00. The first-order valence-electron chi connectivity index (χ1n) is 17.2. The molecule has 4 heterocycles. The van der Waals surface area contributed by atoms with E-state index in [1.807, 2.05) is 29.5 Å². The van der Waals surface area contributed by atoms with E-state index in [2.05, 4.69) is 144 Å². The molecule has 3 aromatic heterocycles. The summed E-state index contributed by atoms with van der Waals surface area (Å²) in [6.45, 7) is 0. The van der Waals surface area contributed by atoms with E-state index in [0.29, 0.717) is 0 Å². The molecule has 0 saturated carbocycles. The molecule has 0 fully saturated rings. The van der Waals surface area contributed by atoms with Crippen LogP contribution in [0.4, 0.5) is 0 Å². The Morgan fingerprint density at radius 1 is 0.490 bits per heavy atom. The van der Waals surface area contributed by atoms with E-state index in [0.717, 1.165) is 77.5 Å². The molecule has 0 spiro atoms. The van der Waals surface area contributed by atoms with E-state index >= 15 is 0 Å². The monoisotopic (exact) mass is 675 g/mol. The van der Waals surface area contributed by atoms with Gasteiger partial charge in [-0.3, -0.25) is 5.32 Å². The van der Waals surface area contributed by atoms with Crippen LogP contribution in [-0.4, -0.2) is 5.84 Å². The van der Waals surface area contributed by atoms with Crippen LogP contribution in [0.3, 0.4) is 0 Å². The Balaban J connectivity index is 1.02. The summed E-state index contributed by atoms with van der Waals surface area (Å²) < 4.78 is 15.4. The molecule has 10 aromatic rings. The summed E-state index contributed by atoms with van der Waals surface area (Å²) >= 11 is 1.83. The van der Waals surface area contributed by atoms with E-state index in [9.17, 15) is 0 Å². The van der Waals surface area contributed by atoms with Gasteiger partial charge in [-0.15, -0.1) is 11.3 Å². The smallest absolute Gasteiger partial charge is 0.142 e. The van der Waals surface area contributed by atoms with Crippen molar-refractivity contribution >= 4 is 81.2 Å². The van der Waals surface area contributed by atoms with Gasteiger partial charge in [0.2, 0.25) is 0 Å². The molecule has 0 radical (unpaired) electrons. The maximum atomic E-state index is 6.68. The molecular formula is C45H29N3O2S. The highest BCUT2D eigenvalue weighted by atomic mass is 32.1. The van der Waals surface area contributed by atoms with Crippen LogP contribution in [0.5, 0.6) is 0 Å². The Bertz CT molecular complexity index is 3010. The predicted molar refractivity (Wildman–Crippen MR) is 210 cm³/mol. The summed E-state index contributed by atoms with van der Waals surface area (Å²) in [5.41, 5.74) is 8.95. The first-order chi connectivity index (χ1) is 25.2. The summed E-state index contributed by atoms with van der Waals surface area (Å²) in [6.07, 6.45) is -0.521. The van der Waals surface area contributed by atoms with Gasteiger partial charge in [0, 0.05) is 52.8 Å². The second-order valence-electron chi connectivity index (χ2n) is 13.2.